The molecule has 212 valence electrons. The van der Waals surface area contributed by atoms with E-state index >= 15 is 0 Å². The van der Waals surface area contributed by atoms with Gasteiger partial charge in [0.25, 0.3) is 0 Å². The number of hydrazine groups is 1. The van der Waals surface area contributed by atoms with Crippen molar-refractivity contribution in [2.75, 3.05) is 78.1 Å². The first-order valence-electron chi connectivity index (χ1n) is 14.0. The first kappa shape index (κ1) is 26.9. The lowest BCUT2D eigenvalue weighted by Gasteiger charge is -2.34. The molecule has 2 aromatic carbocycles. The Kier molecular flexibility index (Phi) is 8.08. The summed E-state index contributed by atoms with van der Waals surface area (Å²) >= 11 is 0. The highest BCUT2D eigenvalue weighted by Gasteiger charge is 2.47. The number of hydrazone groups is 1. The minimum absolute atomic E-state index is 0.0264. The van der Waals surface area contributed by atoms with Crippen LogP contribution < -0.4 is 16.2 Å². The van der Waals surface area contributed by atoms with Crippen LogP contribution in [0.15, 0.2) is 47.6 Å². The van der Waals surface area contributed by atoms with Crippen LogP contribution in [0.25, 0.3) is 0 Å². The van der Waals surface area contributed by atoms with Gasteiger partial charge in [-0.15, -0.1) is 0 Å². The summed E-state index contributed by atoms with van der Waals surface area (Å²) in [6.07, 6.45) is 0. The summed E-state index contributed by atoms with van der Waals surface area (Å²) in [5.74, 6) is -0.451. The van der Waals surface area contributed by atoms with Gasteiger partial charge in [0, 0.05) is 65.0 Å². The van der Waals surface area contributed by atoms with E-state index in [0.29, 0.717) is 37.6 Å². The van der Waals surface area contributed by atoms with Gasteiger partial charge in [-0.1, -0.05) is 36.4 Å². The van der Waals surface area contributed by atoms with Crippen LogP contribution in [0.4, 0.5) is 10.5 Å². The number of nitrogens with zero attached hydrogens (tertiary/aromatic N) is 4. The van der Waals surface area contributed by atoms with Crippen molar-refractivity contribution < 1.29 is 19.1 Å². The summed E-state index contributed by atoms with van der Waals surface area (Å²) in [6, 6.07) is 13.4. The van der Waals surface area contributed by atoms with E-state index in [1.54, 1.807) is 13.2 Å². The minimum Gasteiger partial charge on any atom is -0.383 e. The Bertz CT molecular complexity index is 1250. The first-order valence-corrected chi connectivity index (χ1v) is 14.0. The minimum atomic E-state index is -0.425. The number of fused-ring (bicyclic) bond motifs is 3. The lowest BCUT2D eigenvalue weighted by Crippen LogP contribution is -2.49. The number of nitrogens with one attached hydrogen (secondary N) is 3. The van der Waals surface area contributed by atoms with Crippen LogP contribution in [-0.4, -0.2) is 105 Å². The molecule has 11 nitrogen and oxygen atoms in total. The molecule has 0 radical (unpaired) electrons. The van der Waals surface area contributed by atoms with Crippen LogP contribution in [0.5, 0.6) is 0 Å². The van der Waals surface area contributed by atoms with E-state index in [1.807, 2.05) is 17.1 Å². The monoisotopic (exact) mass is 547 g/mol. The molecule has 4 aliphatic rings. The summed E-state index contributed by atoms with van der Waals surface area (Å²) < 4.78 is 10.5. The number of urea groups is 1. The van der Waals surface area contributed by atoms with Crippen molar-refractivity contribution in [1.29, 1.82) is 0 Å². The fraction of sp³-hybridized carbons (Fsp3) is 0.483. The summed E-state index contributed by atoms with van der Waals surface area (Å²) in [4.78, 5) is 31.3. The molecule has 2 fully saturated rings. The Morgan fingerprint density at radius 2 is 1.80 bits per heavy atom. The number of morpholine rings is 1. The number of hydrogen-bond donors (Lipinski definition) is 3. The molecule has 3 heterocycles. The number of amides is 2. The van der Waals surface area contributed by atoms with Gasteiger partial charge < -0.3 is 20.2 Å². The van der Waals surface area contributed by atoms with E-state index in [2.05, 4.69) is 55.3 Å². The smallest absolute Gasteiger partial charge is 0.333 e. The maximum Gasteiger partial charge on any atom is 0.333 e. The molecule has 0 aromatic heterocycles. The van der Waals surface area contributed by atoms with Crippen molar-refractivity contribution in [3.63, 3.8) is 0 Å². The van der Waals surface area contributed by atoms with Gasteiger partial charge in [-0.2, -0.15) is 5.10 Å². The van der Waals surface area contributed by atoms with Gasteiger partial charge in [-0.3, -0.25) is 20.0 Å². The Balaban J connectivity index is 1.09. The lowest BCUT2D eigenvalue weighted by atomic mass is 9.91. The fourth-order valence-corrected chi connectivity index (χ4v) is 5.97. The van der Waals surface area contributed by atoms with Crippen molar-refractivity contribution in [1.82, 2.24) is 25.7 Å². The Morgan fingerprint density at radius 3 is 2.55 bits per heavy atom. The second-order valence-electron chi connectivity index (χ2n) is 10.7. The van der Waals surface area contributed by atoms with Gasteiger partial charge in [0.2, 0.25) is 0 Å². The van der Waals surface area contributed by atoms with E-state index in [0.717, 1.165) is 62.7 Å². The van der Waals surface area contributed by atoms with Crippen LogP contribution >= 0.6 is 0 Å². The fourth-order valence-electron chi connectivity index (χ4n) is 5.97. The Morgan fingerprint density at radius 1 is 1.05 bits per heavy atom. The highest BCUT2D eigenvalue weighted by Crippen LogP contribution is 2.44. The number of ketones is 1. The summed E-state index contributed by atoms with van der Waals surface area (Å²) in [5, 5.41) is 9.29. The number of benzene rings is 2. The molecule has 0 saturated carbocycles. The average Bonchev–Trinajstić information content (AvgIpc) is 3.54. The molecule has 3 aliphatic heterocycles. The number of hydrogen-bond acceptors (Lipinski definition) is 9. The molecule has 2 aromatic rings. The number of Topliss-reactive ketones (excluding diaryl/α,β-unsaturated/α-hetero) is 1. The molecule has 11 heteroatoms. The predicted molar refractivity (Wildman–Crippen MR) is 151 cm³/mol. The zero-order valence-electron chi connectivity index (χ0n) is 22.9. The molecule has 0 bridgehead atoms. The zero-order valence-corrected chi connectivity index (χ0v) is 22.9. The molecule has 3 N–H and O–H groups in total. The topological polar surface area (TPSA) is 111 Å². The molecule has 6 rings (SSSR count). The van der Waals surface area contributed by atoms with Gasteiger partial charge in [0.05, 0.1) is 43.2 Å². The van der Waals surface area contributed by atoms with Gasteiger partial charge in [0.1, 0.15) is 0 Å². The second-order valence-corrected chi connectivity index (χ2v) is 10.7. The quantitative estimate of drug-likeness (QED) is 0.458. The lowest BCUT2D eigenvalue weighted by molar-refractivity contribution is 0.0207. The summed E-state index contributed by atoms with van der Waals surface area (Å²) in [7, 11) is 1.75. The third-order valence-electron chi connectivity index (χ3n) is 8.16. The van der Waals surface area contributed by atoms with E-state index in [9.17, 15) is 9.59 Å². The SMILES string of the molecule is COCCN1CCN(Cc2ccc(C3=NNC4c5cccc(NC(=O)NN6CCOCC6)c5C(=O)C34)cc2)CC1. The molecule has 1 aliphatic carbocycles. The Hall–Kier alpha value is -3.35. The maximum absolute atomic E-state index is 13.7. The largest absolute Gasteiger partial charge is 0.383 e. The average molecular weight is 548 g/mol. The van der Waals surface area contributed by atoms with Crippen molar-refractivity contribution in [2.24, 2.45) is 11.0 Å². The van der Waals surface area contributed by atoms with Crippen molar-refractivity contribution in [2.45, 2.75) is 12.6 Å². The second kappa shape index (κ2) is 12.0. The molecule has 2 amide bonds. The molecular weight excluding hydrogens is 510 g/mol. The van der Waals surface area contributed by atoms with Crippen molar-refractivity contribution >= 4 is 23.2 Å². The predicted octanol–water partition coefficient (Wildman–Crippen LogP) is 1.68. The van der Waals surface area contributed by atoms with Gasteiger partial charge in [-0.25, -0.2) is 9.80 Å². The number of piperazine rings is 1. The third kappa shape index (κ3) is 5.61. The van der Waals surface area contributed by atoms with Crippen LogP contribution in [0.2, 0.25) is 0 Å². The normalized spacial score (nSPS) is 23.3. The van der Waals surface area contributed by atoms with Crippen molar-refractivity contribution in [3.8, 4) is 0 Å². The number of ether oxygens (including phenoxy) is 2. The van der Waals surface area contributed by atoms with Crippen LogP contribution in [0.1, 0.15) is 33.1 Å². The maximum atomic E-state index is 13.7. The molecule has 40 heavy (non-hydrogen) atoms. The number of carbonyl (C=O) groups excluding carboxylic acids is 2. The van der Waals surface area contributed by atoms with Gasteiger partial charge in [0.15, 0.2) is 5.78 Å². The molecular formula is C29H37N7O4. The molecule has 2 unspecified atom stereocenters. The standard InChI is InChI=1S/C29H37N7O4/c1-39-16-13-34-9-11-35(12-10-34)19-20-5-7-21(8-6-20)26-25-27(32-31-26)22-3-2-4-23(24(22)28(25)37)30-29(38)33-36-14-17-40-18-15-36/h2-8,25,27,32H,9-19H2,1H3,(H2,30,33,38). The van der Waals surface area contributed by atoms with E-state index in [-0.39, 0.29) is 17.9 Å². The van der Waals surface area contributed by atoms with E-state index in [1.165, 1.54) is 5.56 Å². The third-order valence-corrected chi connectivity index (χ3v) is 8.16. The van der Waals surface area contributed by atoms with Crippen LogP contribution in [-0.2, 0) is 16.0 Å². The van der Waals surface area contributed by atoms with E-state index in [4.69, 9.17) is 9.47 Å². The Labute approximate surface area is 234 Å². The molecule has 2 atom stereocenters. The highest BCUT2D eigenvalue weighted by atomic mass is 16.5. The van der Waals surface area contributed by atoms with Crippen molar-refractivity contribution in [3.05, 3.63) is 64.7 Å². The first-order chi connectivity index (χ1) is 19.6. The molecule has 0 spiro atoms. The number of rotatable bonds is 8. The number of anilines is 1. The summed E-state index contributed by atoms with van der Waals surface area (Å²) in [5.41, 5.74) is 10.9. The van der Waals surface area contributed by atoms with E-state index < -0.39 is 5.92 Å². The number of carbonyl (C=O) groups is 2. The zero-order chi connectivity index (χ0) is 27.5. The van der Waals surface area contributed by atoms with Gasteiger partial charge >= 0.3 is 6.03 Å². The van der Waals surface area contributed by atoms with Crippen LogP contribution in [0.3, 0.4) is 0 Å². The summed E-state index contributed by atoms with van der Waals surface area (Å²) in [6.45, 7) is 9.25. The highest BCUT2D eigenvalue weighted by molar-refractivity contribution is 6.24. The molecule has 2 saturated heterocycles. The van der Waals surface area contributed by atoms with Gasteiger partial charge in [-0.05, 0) is 22.8 Å². The number of methoxy groups -OCH3 is 1. The van der Waals surface area contributed by atoms with Crippen LogP contribution in [0, 0.1) is 5.92 Å².